The molecule has 0 aromatic carbocycles. The molecule has 3 fully saturated rings. The van der Waals surface area contributed by atoms with Crippen molar-refractivity contribution in [3.63, 3.8) is 0 Å². The Hall–Kier alpha value is -0.810. The Morgan fingerprint density at radius 3 is 2.36 bits per heavy atom. The van der Waals surface area contributed by atoms with E-state index in [4.69, 9.17) is 0 Å². The molecule has 3 rings (SSSR count). The average Bonchev–Trinajstić information content (AvgIpc) is 3.44. The lowest BCUT2D eigenvalue weighted by atomic mass is 9.98. The first-order chi connectivity index (χ1) is 11.7. The van der Waals surface area contributed by atoms with E-state index >= 15 is 0 Å². The molecule has 3 aliphatic rings. The van der Waals surface area contributed by atoms with Crippen molar-refractivity contribution in [1.82, 2.24) is 15.1 Å². The first-order valence-corrected chi connectivity index (χ1v) is 10.0. The maximum atomic E-state index is 13.0. The third kappa shape index (κ3) is 5.58. The van der Waals surface area contributed by atoms with E-state index in [-0.39, 0.29) is 30.3 Å². The molecule has 0 aromatic heterocycles. The summed E-state index contributed by atoms with van der Waals surface area (Å²) in [4.78, 5) is 29.2. The number of halogens is 1. The highest BCUT2D eigenvalue weighted by atomic mass is 35.5. The molecule has 1 saturated carbocycles. The molecule has 0 spiro atoms. The predicted octanol–water partition coefficient (Wildman–Crippen LogP) is 2.58. The number of piperidine rings is 2. The van der Waals surface area contributed by atoms with E-state index < -0.39 is 0 Å². The van der Waals surface area contributed by atoms with Crippen molar-refractivity contribution in [2.45, 2.75) is 76.8 Å². The summed E-state index contributed by atoms with van der Waals surface area (Å²) in [5.74, 6) is 1.27. The van der Waals surface area contributed by atoms with Gasteiger partial charge >= 0.3 is 0 Å². The van der Waals surface area contributed by atoms with Gasteiger partial charge in [-0.15, -0.1) is 12.4 Å². The zero-order chi connectivity index (χ0) is 16.9. The van der Waals surface area contributed by atoms with E-state index in [0.29, 0.717) is 12.5 Å². The highest BCUT2D eigenvalue weighted by Gasteiger charge is 2.35. The Bertz CT molecular complexity index is 448. The Kier molecular flexibility index (Phi) is 8.01. The van der Waals surface area contributed by atoms with Crippen LogP contribution >= 0.6 is 12.4 Å². The monoisotopic (exact) mass is 371 g/mol. The summed E-state index contributed by atoms with van der Waals surface area (Å²) < 4.78 is 0. The van der Waals surface area contributed by atoms with Crippen LogP contribution in [0.4, 0.5) is 0 Å². The van der Waals surface area contributed by atoms with Crippen molar-refractivity contribution in [2.24, 2.45) is 5.92 Å². The number of likely N-dealkylation sites (tertiary alicyclic amines) is 2. The van der Waals surface area contributed by atoms with Crippen LogP contribution in [0.3, 0.4) is 0 Å². The summed E-state index contributed by atoms with van der Waals surface area (Å²) in [5, 5.41) is 3.66. The van der Waals surface area contributed by atoms with Gasteiger partial charge in [-0.2, -0.15) is 0 Å². The highest BCUT2D eigenvalue weighted by molar-refractivity contribution is 5.88. The van der Waals surface area contributed by atoms with E-state index in [0.717, 1.165) is 70.6 Å². The maximum absolute atomic E-state index is 13.0. The summed E-state index contributed by atoms with van der Waals surface area (Å²) in [6.45, 7) is 5.62. The molecule has 2 amide bonds. The van der Waals surface area contributed by atoms with Gasteiger partial charge in [0.2, 0.25) is 11.8 Å². The summed E-state index contributed by atoms with van der Waals surface area (Å²) >= 11 is 0. The fraction of sp³-hybridized carbons (Fsp3) is 0.895. The van der Waals surface area contributed by atoms with Crippen molar-refractivity contribution in [1.29, 1.82) is 0 Å². The molecule has 0 aromatic rings. The standard InChI is InChI=1S/C19H33N3O2.ClH/c1-2-5-18(23)22-11-4-3-6-17(22)19(24)21-12-9-16(10-13-21)20-14-15-7-8-15;/h15-17,20H,2-14H2,1H3;1H. The fourth-order valence-corrected chi connectivity index (χ4v) is 4.01. The molecule has 1 aliphatic carbocycles. The topological polar surface area (TPSA) is 52.7 Å². The molecule has 2 aliphatic heterocycles. The van der Waals surface area contributed by atoms with Crippen molar-refractivity contribution in [2.75, 3.05) is 26.2 Å². The van der Waals surface area contributed by atoms with Gasteiger partial charge in [-0.25, -0.2) is 0 Å². The molecule has 5 nitrogen and oxygen atoms in total. The Balaban J connectivity index is 0.00000225. The number of hydrogen-bond acceptors (Lipinski definition) is 3. The van der Waals surface area contributed by atoms with Crippen LogP contribution in [0.15, 0.2) is 0 Å². The molecule has 6 heteroatoms. The molecule has 2 heterocycles. The fourth-order valence-electron chi connectivity index (χ4n) is 4.01. The SMILES string of the molecule is CCCC(=O)N1CCCCC1C(=O)N1CCC(NCC2CC2)CC1.Cl. The lowest BCUT2D eigenvalue weighted by Gasteiger charge is -2.40. The first kappa shape index (κ1) is 20.5. The summed E-state index contributed by atoms with van der Waals surface area (Å²) in [6, 6.07) is 0.368. The molecule has 1 atom stereocenters. The average molecular weight is 372 g/mol. The van der Waals surface area contributed by atoms with Crippen LogP contribution in [0, 0.1) is 5.92 Å². The van der Waals surface area contributed by atoms with E-state index in [2.05, 4.69) is 5.32 Å². The van der Waals surface area contributed by atoms with Gasteiger partial charge in [-0.05, 0) is 63.8 Å². The molecule has 1 unspecified atom stereocenters. The van der Waals surface area contributed by atoms with Gasteiger partial charge in [0.15, 0.2) is 0 Å². The zero-order valence-electron chi connectivity index (χ0n) is 15.5. The summed E-state index contributed by atoms with van der Waals surface area (Å²) in [5.41, 5.74) is 0. The van der Waals surface area contributed by atoms with Crippen LogP contribution in [0.5, 0.6) is 0 Å². The normalized spacial score (nSPS) is 24.8. The number of nitrogens with zero attached hydrogens (tertiary/aromatic N) is 2. The van der Waals surface area contributed by atoms with Gasteiger partial charge in [0.25, 0.3) is 0 Å². The Morgan fingerprint density at radius 1 is 1.00 bits per heavy atom. The second-order valence-electron chi connectivity index (χ2n) is 7.80. The molecular formula is C19H34ClN3O2. The van der Waals surface area contributed by atoms with Crippen LogP contribution in [-0.2, 0) is 9.59 Å². The Morgan fingerprint density at radius 2 is 1.72 bits per heavy atom. The third-order valence-corrected chi connectivity index (χ3v) is 5.77. The predicted molar refractivity (Wildman–Crippen MR) is 102 cm³/mol. The van der Waals surface area contributed by atoms with Gasteiger partial charge in [-0.3, -0.25) is 9.59 Å². The number of hydrogen-bond donors (Lipinski definition) is 1. The molecule has 2 saturated heterocycles. The van der Waals surface area contributed by atoms with Crippen LogP contribution in [0.1, 0.15) is 64.7 Å². The number of carbonyl (C=O) groups is 2. The van der Waals surface area contributed by atoms with Crippen molar-refractivity contribution >= 4 is 24.2 Å². The number of carbonyl (C=O) groups excluding carboxylic acids is 2. The van der Waals surface area contributed by atoms with E-state index in [1.54, 1.807) is 0 Å². The molecule has 1 N–H and O–H groups in total. The van der Waals surface area contributed by atoms with Crippen LogP contribution in [0.2, 0.25) is 0 Å². The lowest BCUT2D eigenvalue weighted by Crippen LogP contribution is -2.55. The van der Waals surface area contributed by atoms with Gasteiger partial charge in [0.1, 0.15) is 6.04 Å². The maximum Gasteiger partial charge on any atom is 0.245 e. The lowest BCUT2D eigenvalue weighted by molar-refractivity contribution is -0.148. The minimum absolute atomic E-state index is 0. The summed E-state index contributed by atoms with van der Waals surface area (Å²) in [7, 11) is 0. The molecule has 0 bridgehead atoms. The zero-order valence-corrected chi connectivity index (χ0v) is 16.4. The Labute approximate surface area is 158 Å². The molecule has 25 heavy (non-hydrogen) atoms. The number of rotatable bonds is 6. The largest absolute Gasteiger partial charge is 0.341 e. The minimum atomic E-state index is -0.200. The third-order valence-electron chi connectivity index (χ3n) is 5.77. The second-order valence-corrected chi connectivity index (χ2v) is 7.80. The molecule has 144 valence electrons. The van der Waals surface area contributed by atoms with Crippen LogP contribution < -0.4 is 5.32 Å². The summed E-state index contributed by atoms with van der Waals surface area (Å²) in [6.07, 6.45) is 9.22. The molecule has 0 radical (unpaired) electrons. The highest BCUT2D eigenvalue weighted by Crippen LogP contribution is 2.28. The van der Waals surface area contributed by atoms with Crippen LogP contribution in [-0.4, -0.2) is 59.9 Å². The van der Waals surface area contributed by atoms with Crippen molar-refractivity contribution in [3.05, 3.63) is 0 Å². The van der Waals surface area contributed by atoms with Gasteiger partial charge in [-0.1, -0.05) is 6.92 Å². The first-order valence-electron chi connectivity index (χ1n) is 10.0. The van der Waals surface area contributed by atoms with E-state index in [1.165, 1.54) is 12.8 Å². The van der Waals surface area contributed by atoms with Gasteiger partial charge in [0.05, 0.1) is 0 Å². The van der Waals surface area contributed by atoms with E-state index in [9.17, 15) is 9.59 Å². The van der Waals surface area contributed by atoms with Gasteiger partial charge < -0.3 is 15.1 Å². The number of amides is 2. The van der Waals surface area contributed by atoms with Crippen molar-refractivity contribution in [3.8, 4) is 0 Å². The van der Waals surface area contributed by atoms with Crippen LogP contribution in [0.25, 0.3) is 0 Å². The molecular weight excluding hydrogens is 338 g/mol. The van der Waals surface area contributed by atoms with E-state index in [1.807, 2.05) is 16.7 Å². The van der Waals surface area contributed by atoms with Gasteiger partial charge in [0, 0.05) is 32.1 Å². The smallest absolute Gasteiger partial charge is 0.245 e. The van der Waals surface area contributed by atoms with Crippen molar-refractivity contribution < 1.29 is 9.59 Å². The quantitative estimate of drug-likeness (QED) is 0.780. The number of nitrogens with one attached hydrogen (secondary N) is 1. The minimum Gasteiger partial charge on any atom is -0.341 e. The second kappa shape index (κ2) is 9.77.